The fourth-order valence-electron chi connectivity index (χ4n) is 0. The summed E-state index contributed by atoms with van der Waals surface area (Å²) in [4.78, 5) is 58.3. The van der Waals surface area contributed by atoms with Gasteiger partial charge in [-0.1, -0.05) is 0 Å². The number of hydrogen-bond acceptors (Lipinski definition) is 21. The van der Waals surface area contributed by atoms with Crippen LogP contribution in [-0.2, 0) is 67.1 Å². The molecule has 0 aromatic heterocycles. The Labute approximate surface area is 259 Å². The van der Waals surface area contributed by atoms with Gasteiger partial charge in [0, 0.05) is 0 Å². The van der Waals surface area contributed by atoms with E-state index in [0.29, 0.717) is 0 Å². The van der Waals surface area contributed by atoms with Crippen LogP contribution in [0.1, 0.15) is 0 Å². The second-order valence-corrected chi connectivity index (χ2v) is 1.75. The van der Waals surface area contributed by atoms with E-state index in [-0.39, 0.29) is 113 Å². The van der Waals surface area contributed by atoms with E-state index in [1.54, 1.807) is 0 Å². The van der Waals surface area contributed by atoms with Crippen LogP contribution >= 0.6 is 0 Å². The molecule has 2 radical (unpaired) electrons. The van der Waals surface area contributed by atoms with E-state index in [4.69, 9.17) is 105 Å². The van der Waals surface area contributed by atoms with Crippen LogP contribution in [0, 0.1) is 0 Å². The molecule has 0 heterocycles. The van der Waals surface area contributed by atoms with Crippen LogP contribution in [0.15, 0.2) is 0 Å². The molecule has 0 N–H and O–H groups in total. The van der Waals surface area contributed by atoms with Gasteiger partial charge in [0.15, 0.2) is 0 Å². The summed E-state index contributed by atoms with van der Waals surface area (Å²) < 4.78 is 0. The van der Waals surface area contributed by atoms with Crippen molar-refractivity contribution in [3.05, 3.63) is 0 Å². The maximum atomic E-state index is 8.33. The number of rotatable bonds is 0. The SMILES string of the molecule is O=C([O-])[O-].O=C([O-])[O-].O=C([O-])[O-].O=C([O-])[O-].O=C([O-])[O-].O=C([O-])[O-].O=C([O-])[O-].[Fe+3].[Fe+3].[Mg+2].[Mg+2].[Ni+2].[Ni+2]. The Morgan fingerprint density at radius 3 is 0.265 bits per heavy atom. The predicted octanol–water partition coefficient (Wildman–Crippen LogP) is -17.9. The predicted molar refractivity (Wildman–Crippen MR) is 49.3 cm³/mol. The second-order valence-electron chi connectivity index (χ2n) is 1.75. The summed E-state index contributed by atoms with van der Waals surface area (Å²) in [5.74, 6) is 0. The van der Waals surface area contributed by atoms with Crippen LogP contribution < -0.4 is 71.5 Å². The van der Waals surface area contributed by atoms with Gasteiger partial charge < -0.3 is 105 Å². The smallest absolute Gasteiger partial charge is 0.652 e. The van der Waals surface area contributed by atoms with Crippen LogP contribution in [0.5, 0.6) is 0 Å². The Morgan fingerprint density at radius 2 is 0.265 bits per heavy atom. The first-order valence-electron chi connectivity index (χ1n) is 4.29. The van der Waals surface area contributed by atoms with E-state index in [9.17, 15) is 0 Å². The van der Waals surface area contributed by atoms with Crippen LogP contribution in [-0.4, -0.2) is 89.2 Å². The van der Waals surface area contributed by atoms with Crippen molar-refractivity contribution >= 4 is 89.2 Å². The third kappa shape index (κ3) is 11000. The zero-order valence-electron chi connectivity index (χ0n) is 14.8. The summed E-state index contributed by atoms with van der Waals surface area (Å²) in [6, 6.07) is 0. The molecule has 0 aromatic rings. The van der Waals surface area contributed by atoms with Gasteiger partial charge in [0.25, 0.3) is 0 Å². The average molecular weight is 698 g/mol. The Bertz CT molecular complexity index is 334. The van der Waals surface area contributed by atoms with Crippen molar-refractivity contribution in [3.63, 3.8) is 0 Å². The van der Waals surface area contributed by atoms with E-state index >= 15 is 0 Å². The Morgan fingerprint density at radius 1 is 0.265 bits per heavy atom. The minimum atomic E-state index is -2.33. The van der Waals surface area contributed by atoms with Crippen LogP contribution in [0.25, 0.3) is 0 Å². The quantitative estimate of drug-likeness (QED) is 0.212. The first kappa shape index (κ1) is 84.8. The molecule has 0 saturated heterocycles. The summed E-state index contributed by atoms with van der Waals surface area (Å²) >= 11 is 0. The van der Waals surface area contributed by atoms with Gasteiger partial charge in [-0.15, -0.1) is 0 Å². The Kier molecular flexibility index (Phi) is 192. The summed E-state index contributed by atoms with van der Waals surface area (Å²) in [5.41, 5.74) is 0. The standard InChI is InChI=1S/7CH2O3.2Fe.2Mg.2Ni/c7*2-1(3)4;;;;;;/h7*(H2,2,3,4);;;;;;/q;;;;;;;2*+3;4*+2/p-14. The summed E-state index contributed by atoms with van der Waals surface area (Å²) in [5, 5.41) is 117. The minimum absolute atomic E-state index is 0. The molecule has 27 heteroatoms. The van der Waals surface area contributed by atoms with Gasteiger partial charge in [-0.25, -0.2) is 0 Å². The van der Waals surface area contributed by atoms with E-state index in [2.05, 4.69) is 0 Å². The van der Waals surface area contributed by atoms with Gasteiger partial charge in [0.2, 0.25) is 0 Å². The zero-order chi connectivity index (χ0) is 25.0. The molecule has 0 atom stereocenters. The van der Waals surface area contributed by atoms with Gasteiger partial charge in [-0.05, 0) is 43.1 Å². The van der Waals surface area contributed by atoms with Crippen molar-refractivity contribution in [2.24, 2.45) is 0 Å². The normalized spacial score (nSPS) is 4.94. The molecular weight excluding hydrogens is 698 g/mol. The zero-order valence-corrected chi connectivity index (χ0v) is 21.8. The molecule has 194 valence electrons. The van der Waals surface area contributed by atoms with Crippen LogP contribution in [0.2, 0.25) is 0 Å². The molecule has 0 unspecified atom stereocenters. The Balaban J connectivity index is -0.0000000134. The molecule has 21 nitrogen and oxygen atoms in total. The van der Waals surface area contributed by atoms with Gasteiger partial charge in [-0.2, -0.15) is 0 Å². The Hall–Kier alpha value is -1.55. The average Bonchev–Trinajstić information content (AvgIpc) is 2.20. The van der Waals surface area contributed by atoms with Crippen molar-refractivity contribution in [3.8, 4) is 0 Å². The molecule has 0 amide bonds. The third-order valence-electron chi connectivity index (χ3n) is 0. The van der Waals surface area contributed by atoms with E-state index < -0.39 is 43.1 Å². The molecule has 0 fully saturated rings. The number of carboxylic acid groups (broad SMARTS) is 14. The monoisotopic (exact) mass is 696 g/mol. The van der Waals surface area contributed by atoms with Crippen molar-refractivity contribution in [2.45, 2.75) is 0 Å². The van der Waals surface area contributed by atoms with Gasteiger partial charge in [-0.3, -0.25) is 0 Å². The van der Waals surface area contributed by atoms with Crippen molar-refractivity contribution in [1.29, 1.82) is 0 Å². The van der Waals surface area contributed by atoms with Crippen molar-refractivity contribution in [2.75, 3.05) is 0 Å². The molecule has 34 heavy (non-hydrogen) atoms. The largest absolute Gasteiger partial charge is 3.00 e. The van der Waals surface area contributed by atoms with Crippen molar-refractivity contribution in [1.82, 2.24) is 0 Å². The van der Waals surface area contributed by atoms with E-state index in [0.717, 1.165) is 0 Å². The minimum Gasteiger partial charge on any atom is -0.652 e. The number of carbonyl (C=O) groups is 7. The van der Waals surface area contributed by atoms with Crippen molar-refractivity contribution < 1.29 is 172 Å². The molecule has 0 aliphatic heterocycles. The molecule has 0 aliphatic rings. The maximum Gasteiger partial charge on any atom is 3.00 e. The molecular formula is C7Fe2Mg2Ni2O21. The van der Waals surface area contributed by atoms with Gasteiger partial charge in [0.05, 0.1) is 0 Å². The molecule has 0 aromatic carbocycles. The van der Waals surface area contributed by atoms with Crippen LogP contribution in [0.4, 0.5) is 33.6 Å². The fraction of sp³-hybridized carbons (Fsp3) is 0. The summed E-state index contributed by atoms with van der Waals surface area (Å²) in [6.07, 6.45) is -16.3. The fourth-order valence-corrected chi connectivity index (χ4v) is 0. The first-order valence-corrected chi connectivity index (χ1v) is 4.29. The maximum absolute atomic E-state index is 8.33. The number of carbonyl (C=O) groups excluding carboxylic acids is 7. The molecule has 0 rings (SSSR count). The van der Waals surface area contributed by atoms with Gasteiger partial charge in [0.1, 0.15) is 0 Å². The topological polar surface area (TPSA) is 442 Å². The molecule has 0 bridgehead atoms. The molecule has 0 saturated carbocycles. The number of hydrogen-bond donors (Lipinski definition) is 0. The van der Waals surface area contributed by atoms with E-state index in [1.807, 2.05) is 0 Å². The van der Waals surface area contributed by atoms with Crippen LogP contribution in [0.3, 0.4) is 0 Å². The molecule has 0 aliphatic carbocycles. The first-order chi connectivity index (χ1) is 12.1. The summed E-state index contributed by atoms with van der Waals surface area (Å²) in [7, 11) is 0. The second kappa shape index (κ2) is 77.1. The third-order valence-corrected chi connectivity index (χ3v) is 0. The summed E-state index contributed by atoms with van der Waals surface area (Å²) in [6.45, 7) is 0. The van der Waals surface area contributed by atoms with E-state index in [1.165, 1.54) is 0 Å². The molecule has 0 spiro atoms. The van der Waals surface area contributed by atoms with Gasteiger partial charge >= 0.3 is 113 Å².